The third-order valence-electron chi connectivity index (χ3n) is 3.01. The van der Waals surface area contributed by atoms with Crippen LogP contribution in [0.5, 0.6) is 0 Å². The van der Waals surface area contributed by atoms with E-state index in [4.69, 9.17) is 0 Å². The molecule has 2 aromatic rings. The van der Waals surface area contributed by atoms with Gasteiger partial charge in [0.25, 0.3) is 0 Å². The Morgan fingerprint density at radius 3 is 2.00 bits per heavy atom. The van der Waals surface area contributed by atoms with E-state index < -0.39 is 0 Å². The minimum absolute atomic E-state index is 0. The van der Waals surface area contributed by atoms with Crippen LogP contribution in [0.25, 0.3) is 0 Å². The molecule has 0 aliphatic carbocycles. The Labute approximate surface area is 160 Å². The van der Waals surface area contributed by atoms with Crippen LogP contribution in [-0.2, 0) is 6.54 Å². The second kappa shape index (κ2) is 11.3. The van der Waals surface area contributed by atoms with Crippen molar-refractivity contribution < 1.29 is 0 Å². The van der Waals surface area contributed by atoms with E-state index in [-0.39, 0.29) is 24.0 Å². The summed E-state index contributed by atoms with van der Waals surface area (Å²) in [7, 11) is 0. The first-order valence-electron chi connectivity index (χ1n) is 7.66. The van der Waals surface area contributed by atoms with Crippen LogP contribution < -0.4 is 10.6 Å². The molecule has 0 aliphatic rings. The van der Waals surface area contributed by atoms with E-state index >= 15 is 0 Å². The molecule has 3 nitrogen and oxygen atoms in total. The summed E-state index contributed by atoms with van der Waals surface area (Å²) in [6.45, 7) is 6.58. The van der Waals surface area contributed by atoms with Crippen molar-refractivity contribution in [2.45, 2.75) is 30.2 Å². The Morgan fingerprint density at radius 2 is 1.43 bits per heavy atom. The van der Waals surface area contributed by atoms with Crippen LogP contribution in [0, 0.1) is 0 Å². The van der Waals surface area contributed by atoms with E-state index in [9.17, 15) is 0 Å². The second-order valence-corrected chi connectivity index (χ2v) is 5.93. The SMILES string of the molecule is CCNC(=NCc1ccc(Sc2ccccc2)cc1)NCC.I. The average molecular weight is 441 g/mol. The number of nitrogens with one attached hydrogen (secondary N) is 2. The van der Waals surface area contributed by atoms with Gasteiger partial charge in [0.05, 0.1) is 6.54 Å². The van der Waals surface area contributed by atoms with Crippen molar-refractivity contribution >= 4 is 41.7 Å². The van der Waals surface area contributed by atoms with Crippen molar-refractivity contribution in [2.24, 2.45) is 4.99 Å². The monoisotopic (exact) mass is 441 g/mol. The molecule has 0 saturated heterocycles. The van der Waals surface area contributed by atoms with Gasteiger partial charge >= 0.3 is 0 Å². The molecule has 0 unspecified atom stereocenters. The van der Waals surface area contributed by atoms with Crippen LogP contribution in [-0.4, -0.2) is 19.0 Å². The largest absolute Gasteiger partial charge is 0.357 e. The zero-order valence-electron chi connectivity index (χ0n) is 13.6. The van der Waals surface area contributed by atoms with Gasteiger partial charge in [-0.2, -0.15) is 0 Å². The summed E-state index contributed by atoms with van der Waals surface area (Å²) < 4.78 is 0. The lowest BCUT2D eigenvalue weighted by molar-refractivity contribution is 0.839. The molecular weight excluding hydrogens is 417 g/mol. The Hall–Kier alpha value is -1.21. The highest BCUT2D eigenvalue weighted by Gasteiger charge is 1.99. The van der Waals surface area contributed by atoms with Crippen LogP contribution in [0.15, 0.2) is 69.4 Å². The molecule has 0 heterocycles. The minimum atomic E-state index is 0. The summed E-state index contributed by atoms with van der Waals surface area (Å²) in [5, 5.41) is 6.47. The van der Waals surface area contributed by atoms with E-state index in [0.29, 0.717) is 6.54 Å². The first-order valence-corrected chi connectivity index (χ1v) is 8.47. The molecule has 23 heavy (non-hydrogen) atoms. The number of aliphatic imine (C=N–C) groups is 1. The van der Waals surface area contributed by atoms with Gasteiger partial charge in [-0.25, -0.2) is 4.99 Å². The van der Waals surface area contributed by atoms with Crippen LogP contribution in [0.4, 0.5) is 0 Å². The molecule has 0 radical (unpaired) electrons. The van der Waals surface area contributed by atoms with Crippen molar-refractivity contribution in [2.75, 3.05) is 13.1 Å². The molecular formula is C18H24IN3S. The molecule has 0 atom stereocenters. The molecule has 0 saturated carbocycles. The Balaban J connectivity index is 0.00000264. The topological polar surface area (TPSA) is 36.4 Å². The number of hydrogen-bond acceptors (Lipinski definition) is 2. The smallest absolute Gasteiger partial charge is 0.191 e. The van der Waals surface area contributed by atoms with Gasteiger partial charge in [-0.1, -0.05) is 42.1 Å². The minimum Gasteiger partial charge on any atom is -0.357 e. The van der Waals surface area contributed by atoms with Gasteiger partial charge in [0, 0.05) is 22.9 Å². The zero-order valence-corrected chi connectivity index (χ0v) is 16.7. The maximum absolute atomic E-state index is 4.57. The highest BCUT2D eigenvalue weighted by molar-refractivity contribution is 14.0. The lowest BCUT2D eigenvalue weighted by Gasteiger charge is -2.09. The third kappa shape index (κ3) is 7.26. The van der Waals surface area contributed by atoms with Crippen molar-refractivity contribution in [3.8, 4) is 0 Å². The Bertz CT molecular complexity index is 577. The predicted molar refractivity (Wildman–Crippen MR) is 111 cm³/mol. The van der Waals surface area contributed by atoms with Crippen LogP contribution in [0.1, 0.15) is 19.4 Å². The molecule has 2 rings (SSSR count). The van der Waals surface area contributed by atoms with Gasteiger partial charge in [-0.05, 0) is 43.7 Å². The summed E-state index contributed by atoms with van der Waals surface area (Å²) in [6, 6.07) is 19.0. The Morgan fingerprint density at radius 1 is 0.870 bits per heavy atom. The molecule has 0 fully saturated rings. The summed E-state index contributed by atoms with van der Waals surface area (Å²) in [5.41, 5.74) is 1.21. The number of hydrogen-bond donors (Lipinski definition) is 2. The number of nitrogens with zero attached hydrogens (tertiary/aromatic N) is 1. The molecule has 5 heteroatoms. The fraction of sp³-hybridized carbons (Fsp3) is 0.278. The summed E-state index contributed by atoms with van der Waals surface area (Å²) in [6.07, 6.45) is 0. The van der Waals surface area contributed by atoms with Crippen LogP contribution >= 0.6 is 35.7 Å². The third-order valence-corrected chi connectivity index (χ3v) is 4.03. The number of guanidine groups is 1. The normalized spacial score (nSPS) is 9.65. The van der Waals surface area contributed by atoms with Crippen molar-refractivity contribution in [1.82, 2.24) is 10.6 Å². The van der Waals surface area contributed by atoms with Gasteiger partial charge in [-0.3, -0.25) is 0 Å². The van der Waals surface area contributed by atoms with Crippen LogP contribution in [0.3, 0.4) is 0 Å². The van der Waals surface area contributed by atoms with Gasteiger partial charge in [0.1, 0.15) is 0 Å². The van der Waals surface area contributed by atoms with Gasteiger partial charge < -0.3 is 10.6 Å². The molecule has 0 bridgehead atoms. The molecule has 0 spiro atoms. The highest BCUT2D eigenvalue weighted by atomic mass is 127. The molecule has 2 aromatic carbocycles. The maximum atomic E-state index is 4.57. The molecule has 2 N–H and O–H groups in total. The summed E-state index contributed by atoms with van der Waals surface area (Å²) >= 11 is 1.78. The lowest BCUT2D eigenvalue weighted by Crippen LogP contribution is -2.36. The van der Waals surface area contributed by atoms with E-state index in [1.807, 2.05) is 6.07 Å². The average Bonchev–Trinajstić information content (AvgIpc) is 2.55. The highest BCUT2D eigenvalue weighted by Crippen LogP contribution is 2.27. The summed E-state index contributed by atoms with van der Waals surface area (Å²) in [4.78, 5) is 7.08. The lowest BCUT2D eigenvalue weighted by atomic mass is 10.2. The fourth-order valence-corrected chi connectivity index (χ4v) is 2.80. The molecule has 0 aliphatic heterocycles. The number of halogens is 1. The first-order chi connectivity index (χ1) is 10.8. The second-order valence-electron chi connectivity index (χ2n) is 4.78. The van der Waals surface area contributed by atoms with E-state index in [1.54, 1.807) is 11.8 Å². The number of benzene rings is 2. The van der Waals surface area contributed by atoms with Crippen molar-refractivity contribution in [3.63, 3.8) is 0 Å². The summed E-state index contributed by atoms with van der Waals surface area (Å²) in [5.74, 6) is 0.868. The zero-order chi connectivity index (χ0) is 15.6. The van der Waals surface area contributed by atoms with Gasteiger partial charge in [0.15, 0.2) is 5.96 Å². The molecule has 0 aromatic heterocycles. The van der Waals surface area contributed by atoms with Crippen molar-refractivity contribution in [3.05, 3.63) is 60.2 Å². The van der Waals surface area contributed by atoms with Crippen molar-refractivity contribution in [1.29, 1.82) is 0 Å². The number of rotatable bonds is 6. The van der Waals surface area contributed by atoms with Gasteiger partial charge in [0.2, 0.25) is 0 Å². The van der Waals surface area contributed by atoms with E-state index in [1.165, 1.54) is 15.4 Å². The first kappa shape index (κ1) is 19.8. The van der Waals surface area contributed by atoms with Crippen LogP contribution in [0.2, 0.25) is 0 Å². The predicted octanol–water partition coefficient (Wildman–Crippen LogP) is 4.53. The maximum Gasteiger partial charge on any atom is 0.191 e. The fourth-order valence-electron chi connectivity index (χ4n) is 1.97. The Kier molecular flexibility index (Phi) is 9.78. The molecule has 124 valence electrons. The van der Waals surface area contributed by atoms with E-state index in [2.05, 4.69) is 78.0 Å². The quantitative estimate of drug-likeness (QED) is 0.393. The standard InChI is InChI=1S/C18H23N3S.HI/c1-3-19-18(20-4-2)21-14-15-10-12-17(13-11-15)22-16-8-6-5-7-9-16;/h5-13H,3-4,14H2,1-2H3,(H2,19,20,21);1H. The van der Waals surface area contributed by atoms with Gasteiger partial charge in [-0.15, -0.1) is 24.0 Å². The molecule has 0 amide bonds. The van der Waals surface area contributed by atoms with E-state index in [0.717, 1.165) is 19.0 Å².